The van der Waals surface area contributed by atoms with Gasteiger partial charge in [-0.2, -0.15) is 0 Å². The maximum Gasteiger partial charge on any atom is 0.307 e. The third kappa shape index (κ3) is 2.88. The first kappa shape index (κ1) is 11.7. The molecule has 1 aromatic heterocycles. The van der Waals surface area contributed by atoms with Crippen LogP contribution >= 0.6 is 11.3 Å². The summed E-state index contributed by atoms with van der Waals surface area (Å²) in [6.07, 6.45) is 0. The summed E-state index contributed by atoms with van der Waals surface area (Å²) in [5, 5.41) is 1.85. The molecular formula is C12H14N2O2S. The second-order valence-corrected chi connectivity index (χ2v) is 4.54. The summed E-state index contributed by atoms with van der Waals surface area (Å²) in [5.74, 6) is 0.728. The van der Waals surface area contributed by atoms with Gasteiger partial charge in [-0.1, -0.05) is 17.4 Å². The van der Waals surface area contributed by atoms with Crippen molar-refractivity contribution in [3.8, 4) is 5.75 Å². The van der Waals surface area contributed by atoms with Gasteiger partial charge in [0.15, 0.2) is 0 Å². The third-order valence-electron chi connectivity index (χ3n) is 2.42. The maximum absolute atomic E-state index is 11.4. The van der Waals surface area contributed by atoms with Crippen molar-refractivity contribution in [2.45, 2.75) is 13.5 Å². The van der Waals surface area contributed by atoms with Crippen LogP contribution in [0.1, 0.15) is 5.69 Å². The minimum absolute atomic E-state index is 0.0543. The molecule has 2 aromatic rings. The summed E-state index contributed by atoms with van der Waals surface area (Å²) in [4.78, 5) is 11.5. The fraction of sp³-hybridized carbons (Fsp3) is 0.250. The number of nitrogen functional groups attached to an aromatic ring is 1. The first-order valence-corrected chi connectivity index (χ1v) is 6.18. The van der Waals surface area contributed by atoms with E-state index in [4.69, 9.17) is 10.5 Å². The van der Waals surface area contributed by atoms with Crippen molar-refractivity contribution in [2.24, 2.45) is 0 Å². The SMILES string of the molecule is Cc1csc(=O)n1CCOc1cccc(N)c1. The number of benzene rings is 1. The quantitative estimate of drug-likeness (QED) is 0.843. The summed E-state index contributed by atoms with van der Waals surface area (Å²) >= 11 is 1.21. The van der Waals surface area contributed by atoms with Gasteiger partial charge < -0.3 is 10.5 Å². The Kier molecular flexibility index (Phi) is 3.49. The first-order chi connectivity index (χ1) is 8.16. The van der Waals surface area contributed by atoms with E-state index >= 15 is 0 Å². The Balaban J connectivity index is 1.94. The molecule has 1 aromatic carbocycles. The average Bonchev–Trinajstić information content (AvgIpc) is 2.61. The Morgan fingerprint density at radius 3 is 2.94 bits per heavy atom. The molecule has 0 bridgehead atoms. The van der Waals surface area contributed by atoms with Gasteiger partial charge in [-0.25, -0.2) is 0 Å². The van der Waals surface area contributed by atoms with Crippen LogP contribution in [-0.4, -0.2) is 11.2 Å². The topological polar surface area (TPSA) is 57.2 Å². The zero-order valence-electron chi connectivity index (χ0n) is 9.55. The Hall–Kier alpha value is -1.75. The highest BCUT2D eigenvalue weighted by molar-refractivity contribution is 7.07. The highest BCUT2D eigenvalue weighted by Gasteiger charge is 2.02. The van der Waals surface area contributed by atoms with Gasteiger partial charge >= 0.3 is 4.87 Å². The molecule has 0 saturated carbocycles. The van der Waals surface area contributed by atoms with Crippen molar-refractivity contribution >= 4 is 17.0 Å². The summed E-state index contributed by atoms with van der Waals surface area (Å²) in [7, 11) is 0. The molecule has 4 nitrogen and oxygen atoms in total. The fourth-order valence-electron chi connectivity index (χ4n) is 1.53. The molecule has 0 aliphatic carbocycles. The molecule has 0 aliphatic rings. The van der Waals surface area contributed by atoms with Crippen LogP contribution in [0.3, 0.4) is 0 Å². The van der Waals surface area contributed by atoms with Gasteiger partial charge in [0.2, 0.25) is 0 Å². The molecule has 0 unspecified atom stereocenters. The molecule has 0 fully saturated rings. The van der Waals surface area contributed by atoms with E-state index in [1.54, 1.807) is 16.7 Å². The average molecular weight is 250 g/mol. The number of nitrogens with zero attached hydrogens (tertiary/aromatic N) is 1. The van der Waals surface area contributed by atoms with E-state index in [-0.39, 0.29) is 4.87 Å². The number of thiazole rings is 1. The van der Waals surface area contributed by atoms with Crippen LogP contribution in [0.2, 0.25) is 0 Å². The lowest BCUT2D eigenvalue weighted by Gasteiger charge is -2.08. The zero-order valence-corrected chi connectivity index (χ0v) is 10.4. The van der Waals surface area contributed by atoms with Crippen molar-refractivity contribution in [1.82, 2.24) is 4.57 Å². The number of anilines is 1. The maximum atomic E-state index is 11.4. The van der Waals surface area contributed by atoms with Crippen LogP contribution in [0.5, 0.6) is 5.75 Å². The smallest absolute Gasteiger partial charge is 0.307 e. The van der Waals surface area contributed by atoms with Crippen molar-refractivity contribution < 1.29 is 4.74 Å². The third-order valence-corrected chi connectivity index (χ3v) is 3.30. The molecule has 0 spiro atoms. The molecule has 2 N–H and O–H groups in total. The van der Waals surface area contributed by atoms with Gasteiger partial charge in [-0.3, -0.25) is 9.36 Å². The van der Waals surface area contributed by atoms with Gasteiger partial charge in [-0.15, -0.1) is 0 Å². The minimum Gasteiger partial charge on any atom is -0.492 e. The molecule has 17 heavy (non-hydrogen) atoms. The Bertz CT molecular complexity index is 560. The van der Waals surface area contributed by atoms with Crippen molar-refractivity contribution in [3.63, 3.8) is 0 Å². The number of hydrogen-bond donors (Lipinski definition) is 1. The summed E-state index contributed by atoms with van der Waals surface area (Å²) in [5.41, 5.74) is 7.28. The summed E-state index contributed by atoms with van der Waals surface area (Å²) < 4.78 is 7.24. The lowest BCUT2D eigenvalue weighted by Crippen LogP contribution is -2.18. The lowest BCUT2D eigenvalue weighted by molar-refractivity contribution is 0.296. The van der Waals surface area contributed by atoms with Crippen LogP contribution < -0.4 is 15.3 Å². The van der Waals surface area contributed by atoms with E-state index in [1.165, 1.54) is 11.3 Å². The number of aryl methyl sites for hydroxylation is 1. The first-order valence-electron chi connectivity index (χ1n) is 5.30. The highest BCUT2D eigenvalue weighted by Crippen LogP contribution is 2.14. The largest absolute Gasteiger partial charge is 0.492 e. The van der Waals surface area contributed by atoms with Crippen molar-refractivity contribution in [2.75, 3.05) is 12.3 Å². The highest BCUT2D eigenvalue weighted by atomic mass is 32.1. The Labute approximate surface area is 103 Å². The van der Waals surface area contributed by atoms with Crippen molar-refractivity contribution in [1.29, 1.82) is 0 Å². The van der Waals surface area contributed by atoms with Crippen LogP contribution in [-0.2, 0) is 6.54 Å². The predicted octanol–water partition coefficient (Wildman–Crippen LogP) is 1.88. The molecule has 0 amide bonds. The molecule has 0 saturated heterocycles. The van der Waals surface area contributed by atoms with E-state index < -0.39 is 0 Å². The monoisotopic (exact) mass is 250 g/mol. The number of ether oxygens (including phenoxy) is 1. The zero-order chi connectivity index (χ0) is 12.3. The standard InChI is InChI=1S/C12H14N2O2S/c1-9-8-17-12(15)14(9)5-6-16-11-4-2-3-10(13)7-11/h2-4,7-8H,5-6,13H2,1H3. The molecule has 0 radical (unpaired) electrons. The van der Waals surface area contributed by atoms with Crippen LogP contribution in [0.15, 0.2) is 34.4 Å². The Morgan fingerprint density at radius 2 is 2.29 bits per heavy atom. The minimum atomic E-state index is 0.0543. The number of hydrogen-bond acceptors (Lipinski definition) is 4. The van der Waals surface area contributed by atoms with Gasteiger partial charge in [0, 0.05) is 22.8 Å². The van der Waals surface area contributed by atoms with Crippen LogP contribution in [0.25, 0.3) is 0 Å². The van der Waals surface area contributed by atoms with Crippen molar-refractivity contribution in [3.05, 3.63) is 45.0 Å². The number of aromatic nitrogens is 1. The van der Waals surface area contributed by atoms with Gasteiger partial charge in [0.25, 0.3) is 0 Å². The Morgan fingerprint density at radius 1 is 1.47 bits per heavy atom. The molecule has 1 heterocycles. The molecule has 90 valence electrons. The normalized spacial score (nSPS) is 10.4. The second-order valence-electron chi connectivity index (χ2n) is 3.72. The molecule has 0 atom stereocenters. The van der Waals surface area contributed by atoms with E-state index in [2.05, 4.69) is 0 Å². The van der Waals surface area contributed by atoms with Gasteiger partial charge in [0.1, 0.15) is 12.4 Å². The summed E-state index contributed by atoms with van der Waals surface area (Å²) in [6, 6.07) is 7.26. The van der Waals surface area contributed by atoms with Crippen LogP contribution in [0, 0.1) is 6.92 Å². The van der Waals surface area contributed by atoms with E-state index in [0.717, 1.165) is 11.4 Å². The number of nitrogens with two attached hydrogens (primary N) is 1. The predicted molar refractivity (Wildman–Crippen MR) is 69.7 cm³/mol. The van der Waals surface area contributed by atoms with E-state index in [9.17, 15) is 4.79 Å². The molecular weight excluding hydrogens is 236 g/mol. The fourth-order valence-corrected chi connectivity index (χ4v) is 2.29. The lowest BCUT2D eigenvalue weighted by atomic mass is 10.3. The molecule has 5 heteroatoms. The van der Waals surface area contributed by atoms with Gasteiger partial charge in [-0.05, 0) is 19.1 Å². The van der Waals surface area contributed by atoms with E-state index in [0.29, 0.717) is 18.8 Å². The number of rotatable bonds is 4. The summed E-state index contributed by atoms with van der Waals surface area (Å²) in [6.45, 7) is 2.93. The van der Waals surface area contributed by atoms with Crippen LogP contribution in [0.4, 0.5) is 5.69 Å². The van der Waals surface area contributed by atoms with Gasteiger partial charge in [0.05, 0.1) is 6.54 Å². The van der Waals surface area contributed by atoms with E-state index in [1.807, 2.05) is 24.4 Å². The molecule has 0 aliphatic heterocycles. The second kappa shape index (κ2) is 5.05. The molecule has 2 rings (SSSR count).